The first kappa shape index (κ1) is 9.52. The minimum Gasteiger partial charge on any atom is -0.237 e. The Morgan fingerprint density at radius 3 is 2.50 bits per heavy atom. The zero-order chi connectivity index (χ0) is 7.66. The monoisotopic (exact) mass is 139 g/mol. The van der Waals surface area contributed by atoms with Crippen LogP contribution in [0.2, 0.25) is 0 Å². The maximum atomic E-state index is 9.98. The molecule has 0 rings (SSSR count). The molecule has 0 atom stereocenters. The average Bonchev–Trinajstić information content (AvgIpc) is 1.97. The summed E-state index contributed by atoms with van der Waals surface area (Å²) in [7, 11) is 0. The Labute approximate surface area is 63.5 Å². The van der Waals surface area contributed by atoms with E-state index in [2.05, 4.69) is 11.8 Å². The van der Waals surface area contributed by atoms with Gasteiger partial charge in [-0.15, -0.1) is 11.8 Å². The maximum Gasteiger partial charge on any atom is 0.0822 e. The van der Waals surface area contributed by atoms with E-state index in [0.717, 1.165) is 32.1 Å². The lowest BCUT2D eigenvalue weighted by Crippen LogP contribution is -1.79. The Hall–Kier alpha value is -0.480. The van der Waals surface area contributed by atoms with Crippen LogP contribution in [0.4, 0.5) is 0 Å². The van der Waals surface area contributed by atoms with E-state index < -0.39 is 0 Å². The summed E-state index contributed by atoms with van der Waals surface area (Å²) in [6, 6.07) is 0. The molecule has 0 spiro atoms. The van der Waals surface area contributed by atoms with Crippen molar-refractivity contribution in [3.8, 4) is 11.8 Å². The molecule has 57 valence electrons. The van der Waals surface area contributed by atoms with Crippen LogP contribution in [0.25, 0.3) is 0 Å². The molecule has 0 aromatic rings. The van der Waals surface area contributed by atoms with Gasteiger partial charge in [-0.2, -0.15) is 0 Å². The zero-order valence-electron chi connectivity index (χ0n) is 6.65. The lowest BCUT2D eigenvalue weighted by atomic mass is 10.2. The summed E-state index contributed by atoms with van der Waals surface area (Å²) in [4.78, 5) is 0. The largest absolute Gasteiger partial charge is 0.237 e. The fourth-order valence-electron chi connectivity index (χ4n) is 0.706. The molecule has 10 heavy (non-hydrogen) atoms. The molecule has 0 saturated carbocycles. The van der Waals surface area contributed by atoms with Gasteiger partial charge < -0.3 is 0 Å². The molecule has 0 aliphatic rings. The zero-order valence-corrected chi connectivity index (χ0v) is 6.65. The van der Waals surface area contributed by atoms with Crippen molar-refractivity contribution < 1.29 is 5.11 Å². The summed E-state index contributed by atoms with van der Waals surface area (Å²) in [5.74, 6) is 6.04. The molecule has 0 unspecified atom stereocenters. The van der Waals surface area contributed by atoms with Crippen LogP contribution in [0.15, 0.2) is 0 Å². The minimum absolute atomic E-state index is 0.0706. The van der Waals surface area contributed by atoms with Crippen molar-refractivity contribution in [1.29, 1.82) is 0 Å². The lowest BCUT2D eigenvalue weighted by molar-refractivity contribution is 0.186. The summed E-state index contributed by atoms with van der Waals surface area (Å²) in [5, 5.41) is 9.98. The van der Waals surface area contributed by atoms with Crippen molar-refractivity contribution in [3.63, 3.8) is 0 Å². The second kappa shape index (κ2) is 8.52. The van der Waals surface area contributed by atoms with Crippen LogP contribution in [0.5, 0.6) is 0 Å². The van der Waals surface area contributed by atoms with Gasteiger partial charge in [-0.1, -0.05) is 13.3 Å². The molecule has 1 nitrogen and oxygen atoms in total. The quantitative estimate of drug-likeness (QED) is 0.421. The van der Waals surface area contributed by atoms with Crippen molar-refractivity contribution in [2.75, 3.05) is 6.61 Å². The molecule has 0 aromatic carbocycles. The van der Waals surface area contributed by atoms with Gasteiger partial charge in [0.15, 0.2) is 0 Å². The van der Waals surface area contributed by atoms with E-state index in [1.807, 2.05) is 6.92 Å². The third-order valence-corrected chi connectivity index (χ3v) is 1.25. The van der Waals surface area contributed by atoms with E-state index in [1.54, 1.807) is 0 Å². The van der Waals surface area contributed by atoms with Gasteiger partial charge in [-0.25, -0.2) is 5.11 Å². The summed E-state index contributed by atoms with van der Waals surface area (Å²) in [6.07, 6.45) is 4.86. The summed E-state index contributed by atoms with van der Waals surface area (Å²) in [6.45, 7) is 2.12. The van der Waals surface area contributed by atoms with Crippen molar-refractivity contribution in [2.45, 2.75) is 39.0 Å². The molecule has 0 saturated heterocycles. The van der Waals surface area contributed by atoms with E-state index in [-0.39, 0.29) is 6.61 Å². The highest BCUT2D eigenvalue weighted by Crippen LogP contribution is 1.97. The predicted molar refractivity (Wildman–Crippen MR) is 42.1 cm³/mol. The summed E-state index contributed by atoms with van der Waals surface area (Å²) >= 11 is 0. The average molecular weight is 139 g/mol. The van der Waals surface area contributed by atoms with Gasteiger partial charge in [0, 0.05) is 12.8 Å². The lowest BCUT2D eigenvalue weighted by Gasteiger charge is -1.89. The molecule has 0 heterocycles. The second-order valence-corrected chi connectivity index (χ2v) is 2.22. The van der Waals surface area contributed by atoms with E-state index in [1.165, 1.54) is 0 Å². The smallest absolute Gasteiger partial charge is 0.0822 e. The van der Waals surface area contributed by atoms with Gasteiger partial charge in [-0.05, 0) is 12.8 Å². The molecule has 0 N–H and O–H groups in total. The van der Waals surface area contributed by atoms with Gasteiger partial charge in [0.1, 0.15) is 0 Å². The van der Waals surface area contributed by atoms with Crippen LogP contribution >= 0.6 is 0 Å². The normalized spacial score (nSPS) is 8.60. The molecule has 1 heteroatoms. The molecule has 0 bridgehead atoms. The highest BCUT2D eigenvalue weighted by molar-refractivity contribution is 4.97. The summed E-state index contributed by atoms with van der Waals surface area (Å²) < 4.78 is 0. The Morgan fingerprint density at radius 1 is 1.10 bits per heavy atom. The minimum atomic E-state index is 0.0706. The first-order valence-corrected chi connectivity index (χ1v) is 3.95. The van der Waals surface area contributed by atoms with E-state index >= 15 is 0 Å². The van der Waals surface area contributed by atoms with Crippen LogP contribution in [0.1, 0.15) is 39.0 Å². The molecular formula is C9H15O. The first-order valence-electron chi connectivity index (χ1n) is 3.95. The van der Waals surface area contributed by atoms with Crippen LogP contribution < -0.4 is 0 Å². The number of unbranched alkanes of at least 4 members (excludes halogenated alkanes) is 3. The Morgan fingerprint density at radius 2 is 1.90 bits per heavy atom. The highest BCUT2D eigenvalue weighted by Gasteiger charge is 1.84. The van der Waals surface area contributed by atoms with Crippen LogP contribution in [-0.2, 0) is 5.11 Å². The van der Waals surface area contributed by atoms with Crippen molar-refractivity contribution in [2.24, 2.45) is 0 Å². The first-order chi connectivity index (χ1) is 4.91. The SMILES string of the molecule is CCC#CCCCCC[O]. The van der Waals surface area contributed by atoms with Gasteiger partial charge >= 0.3 is 0 Å². The number of hydrogen-bond donors (Lipinski definition) is 0. The van der Waals surface area contributed by atoms with Crippen LogP contribution in [-0.4, -0.2) is 6.61 Å². The van der Waals surface area contributed by atoms with Crippen molar-refractivity contribution in [1.82, 2.24) is 0 Å². The molecule has 0 aliphatic carbocycles. The fraction of sp³-hybridized carbons (Fsp3) is 0.778. The highest BCUT2D eigenvalue weighted by atomic mass is 16.2. The van der Waals surface area contributed by atoms with Gasteiger partial charge in [0.25, 0.3) is 0 Å². The molecule has 0 amide bonds. The topological polar surface area (TPSA) is 19.9 Å². The van der Waals surface area contributed by atoms with Crippen molar-refractivity contribution in [3.05, 3.63) is 0 Å². The maximum absolute atomic E-state index is 9.98. The second-order valence-electron chi connectivity index (χ2n) is 2.22. The Bertz CT molecular complexity index is 108. The van der Waals surface area contributed by atoms with Gasteiger partial charge in [-0.3, -0.25) is 0 Å². The standard InChI is InChI=1S/C9H15O/c1-2-3-4-5-6-7-8-9-10/h2,5-9H2,1H3. The van der Waals surface area contributed by atoms with E-state index in [9.17, 15) is 5.11 Å². The van der Waals surface area contributed by atoms with Crippen LogP contribution in [0.3, 0.4) is 0 Å². The van der Waals surface area contributed by atoms with Crippen molar-refractivity contribution >= 4 is 0 Å². The van der Waals surface area contributed by atoms with E-state index in [4.69, 9.17) is 0 Å². The van der Waals surface area contributed by atoms with Gasteiger partial charge in [0.2, 0.25) is 0 Å². The van der Waals surface area contributed by atoms with Gasteiger partial charge in [0.05, 0.1) is 6.61 Å². The predicted octanol–water partition coefficient (Wildman–Crippen LogP) is 2.39. The number of rotatable bonds is 4. The Kier molecular flexibility index (Phi) is 8.11. The number of hydrogen-bond acceptors (Lipinski definition) is 0. The van der Waals surface area contributed by atoms with Crippen LogP contribution in [0, 0.1) is 11.8 Å². The Balaban J connectivity index is 2.90. The fourth-order valence-corrected chi connectivity index (χ4v) is 0.706. The molecule has 1 radical (unpaired) electrons. The van der Waals surface area contributed by atoms with E-state index in [0.29, 0.717) is 0 Å². The molecule has 0 aromatic heterocycles. The third kappa shape index (κ3) is 7.52. The molecule has 0 fully saturated rings. The molecular weight excluding hydrogens is 124 g/mol. The molecule has 0 aliphatic heterocycles. The third-order valence-electron chi connectivity index (χ3n) is 1.25. The summed E-state index contributed by atoms with van der Waals surface area (Å²) in [5.41, 5.74) is 0.